The number of aliphatic hydroxyl groups is 1. The average molecular weight is 251 g/mol. The summed E-state index contributed by atoms with van der Waals surface area (Å²) in [4.78, 5) is 2.28. The summed E-state index contributed by atoms with van der Waals surface area (Å²) in [5.41, 5.74) is 0.943. The SMILES string of the molecule is CCN(CC(C)C)CC(O)c1ccc(OC)cc1. The number of likely N-dealkylation sites (N-methyl/N-ethyl adjacent to an activating group) is 1. The van der Waals surface area contributed by atoms with E-state index < -0.39 is 6.10 Å². The minimum atomic E-state index is -0.436. The van der Waals surface area contributed by atoms with E-state index >= 15 is 0 Å². The quantitative estimate of drug-likeness (QED) is 0.808. The molecule has 0 amide bonds. The van der Waals surface area contributed by atoms with Crippen molar-refractivity contribution in [1.82, 2.24) is 4.90 Å². The van der Waals surface area contributed by atoms with Gasteiger partial charge in [-0.25, -0.2) is 0 Å². The summed E-state index contributed by atoms with van der Waals surface area (Å²) >= 11 is 0. The fourth-order valence-corrected chi connectivity index (χ4v) is 2.03. The zero-order chi connectivity index (χ0) is 13.5. The molecule has 1 atom stereocenters. The second kappa shape index (κ2) is 7.39. The molecule has 102 valence electrons. The van der Waals surface area contributed by atoms with Gasteiger partial charge in [-0.05, 0) is 30.2 Å². The van der Waals surface area contributed by atoms with Gasteiger partial charge in [0, 0.05) is 13.1 Å². The van der Waals surface area contributed by atoms with E-state index in [0.29, 0.717) is 12.5 Å². The molecule has 1 rings (SSSR count). The second-order valence-corrected chi connectivity index (χ2v) is 5.04. The highest BCUT2D eigenvalue weighted by molar-refractivity contribution is 5.28. The Kier molecular flexibility index (Phi) is 6.16. The number of nitrogens with zero attached hydrogens (tertiary/aromatic N) is 1. The lowest BCUT2D eigenvalue weighted by Crippen LogP contribution is -2.31. The number of hydrogen-bond acceptors (Lipinski definition) is 3. The van der Waals surface area contributed by atoms with Crippen molar-refractivity contribution in [3.05, 3.63) is 29.8 Å². The van der Waals surface area contributed by atoms with Crippen LogP contribution in [0.3, 0.4) is 0 Å². The predicted octanol–water partition coefficient (Wildman–Crippen LogP) is 2.71. The molecule has 1 unspecified atom stereocenters. The van der Waals surface area contributed by atoms with E-state index in [4.69, 9.17) is 4.74 Å². The van der Waals surface area contributed by atoms with Crippen LogP contribution >= 0.6 is 0 Å². The van der Waals surface area contributed by atoms with E-state index in [1.807, 2.05) is 24.3 Å². The lowest BCUT2D eigenvalue weighted by atomic mass is 10.1. The molecule has 0 bridgehead atoms. The Morgan fingerprint density at radius 2 is 1.78 bits per heavy atom. The number of methoxy groups -OCH3 is 1. The summed E-state index contributed by atoms with van der Waals surface area (Å²) in [5.74, 6) is 1.44. The van der Waals surface area contributed by atoms with Gasteiger partial charge in [-0.15, -0.1) is 0 Å². The average Bonchev–Trinajstić information content (AvgIpc) is 2.37. The summed E-state index contributed by atoms with van der Waals surface area (Å²) in [6.45, 7) is 9.18. The van der Waals surface area contributed by atoms with Crippen molar-refractivity contribution in [3.63, 3.8) is 0 Å². The van der Waals surface area contributed by atoms with Gasteiger partial charge in [0.05, 0.1) is 13.2 Å². The molecular formula is C15H25NO2. The van der Waals surface area contributed by atoms with Gasteiger partial charge in [0.15, 0.2) is 0 Å². The maximum atomic E-state index is 10.2. The van der Waals surface area contributed by atoms with Crippen LogP contribution in [-0.4, -0.2) is 36.8 Å². The van der Waals surface area contributed by atoms with Crippen molar-refractivity contribution in [2.24, 2.45) is 5.92 Å². The first-order valence-corrected chi connectivity index (χ1v) is 6.61. The summed E-state index contributed by atoms with van der Waals surface area (Å²) in [5, 5.41) is 10.2. The van der Waals surface area contributed by atoms with Crippen LogP contribution in [0.1, 0.15) is 32.4 Å². The Morgan fingerprint density at radius 1 is 1.17 bits per heavy atom. The first-order valence-electron chi connectivity index (χ1n) is 6.61. The first-order chi connectivity index (χ1) is 8.56. The number of hydrogen-bond donors (Lipinski definition) is 1. The molecule has 0 aliphatic carbocycles. The summed E-state index contributed by atoms with van der Waals surface area (Å²) in [6, 6.07) is 7.62. The molecule has 0 aliphatic rings. The molecule has 0 aromatic heterocycles. The fourth-order valence-electron chi connectivity index (χ4n) is 2.03. The van der Waals surface area contributed by atoms with Crippen molar-refractivity contribution >= 4 is 0 Å². The smallest absolute Gasteiger partial charge is 0.118 e. The maximum Gasteiger partial charge on any atom is 0.118 e. The lowest BCUT2D eigenvalue weighted by Gasteiger charge is -2.25. The van der Waals surface area contributed by atoms with Crippen LogP contribution in [0.2, 0.25) is 0 Å². The Bertz CT molecular complexity index is 335. The number of benzene rings is 1. The van der Waals surface area contributed by atoms with Crippen LogP contribution in [0.4, 0.5) is 0 Å². The maximum absolute atomic E-state index is 10.2. The molecule has 0 saturated carbocycles. The molecule has 1 aromatic carbocycles. The van der Waals surface area contributed by atoms with E-state index in [2.05, 4.69) is 25.7 Å². The van der Waals surface area contributed by atoms with E-state index in [-0.39, 0.29) is 0 Å². The third kappa shape index (κ3) is 4.67. The minimum absolute atomic E-state index is 0.436. The molecule has 3 heteroatoms. The highest BCUT2D eigenvalue weighted by Gasteiger charge is 2.13. The molecular weight excluding hydrogens is 226 g/mol. The highest BCUT2D eigenvalue weighted by atomic mass is 16.5. The molecule has 0 saturated heterocycles. The normalized spacial score (nSPS) is 13.1. The van der Waals surface area contributed by atoms with Crippen molar-refractivity contribution in [3.8, 4) is 5.75 Å². The van der Waals surface area contributed by atoms with Crippen molar-refractivity contribution in [2.45, 2.75) is 26.9 Å². The van der Waals surface area contributed by atoms with Crippen LogP contribution < -0.4 is 4.74 Å². The Hall–Kier alpha value is -1.06. The molecule has 0 radical (unpaired) electrons. The van der Waals surface area contributed by atoms with E-state index in [1.54, 1.807) is 7.11 Å². The molecule has 0 heterocycles. The molecule has 0 aliphatic heterocycles. The van der Waals surface area contributed by atoms with Crippen molar-refractivity contribution in [1.29, 1.82) is 0 Å². The van der Waals surface area contributed by atoms with Gasteiger partial charge >= 0.3 is 0 Å². The fraction of sp³-hybridized carbons (Fsp3) is 0.600. The minimum Gasteiger partial charge on any atom is -0.497 e. The monoisotopic (exact) mass is 251 g/mol. The highest BCUT2D eigenvalue weighted by Crippen LogP contribution is 2.18. The number of aliphatic hydroxyl groups excluding tert-OH is 1. The van der Waals surface area contributed by atoms with Crippen LogP contribution in [0.25, 0.3) is 0 Å². The predicted molar refractivity (Wildman–Crippen MR) is 74.9 cm³/mol. The molecule has 0 fully saturated rings. The Labute approximate surface area is 110 Å². The van der Waals surface area contributed by atoms with E-state index in [9.17, 15) is 5.11 Å². The van der Waals surface area contributed by atoms with Crippen LogP contribution in [0, 0.1) is 5.92 Å². The summed E-state index contributed by atoms with van der Waals surface area (Å²) < 4.78 is 5.11. The van der Waals surface area contributed by atoms with Crippen LogP contribution in [0.15, 0.2) is 24.3 Å². The molecule has 1 aromatic rings. The Balaban J connectivity index is 2.59. The zero-order valence-corrected chi connectivity index (χ0v) is 11.9. The van der Waals surface area contributed by atoms with Gasteiger partial charge in [0.2, 0.25) is 0 Å². The van der Waals surface area contributed by atoms with Crippen molar-refractivity contribution < 1.29 is 9.84 Å². The molecule has 1 N–H and O–H groups in total. The molecule has 0 spiro atoms. The number of ether oxygens (including phenoxy) is 1. The largest absolute Gasteiger partial charge is 0.497 e. The van der Waals surface area contributed by atoms with Gasteiger partial charge in [-0.3, -0.25) is 0 Å². The van der Waals surface area contributed by atoms with Gasteiger partial charge in [-0.1, -0.05) is 32.9 Å². The van der Waals surface area contributed by atoms with Gasteiger partial charge in [0.25, 0.3) is 0 Å². The second-order valence-electron chi connectivity index (χ2n) is 5.04. The lowest BCUT2D eigenvalue weighted by molar-refractivity contribution is 0.109. The van der Waals surface area contributed by atoms with Crippen LogP contribution in [-0.2, 0) is 0 Å². The van der Waals surface area contributed by atoms with Gasteiger partial charge in [0.1, 0.15) is 5.75 Å². The van der Waals surface area contributed by atoms with E-state index in [1.165, 1.54) is 0 Å². The number of rotatable bonds is 7. The topological polar surface area (TPSA) is 32.7 Å². The summed E-state index contributed by atoms with van der Waals surface area (Å²) in [6.07, 6.45) is -0.436. The van der Waals surface area contributed by atoms with Gasteiger partial charge in [-0.2, -0.15) is 0 Å². The van der Waals surface area contributed by atoms with Crippen molar-refractivity contribution in [2.75, 3.05) is 26.7 Å². The van der Waals surface area contributed by atoms with Gasteiger partial charge < -0.3 is 14.7 Å². The molecule has 18 heavy (non-hydrogen) atoms. The molecule has 3 nitrogen and oxygen atoms in total. The summed E-state index contributed by atoms with van der Waals surface area (Å²) in [7, 11) is 1.65. The Morgan fingerprint density at radius 3 is 2.22 bits per heavy atom. The first kappa shape index (κ1) is 15.0. The standard InChI is InChI=1S/C15H25NO2/c1-5-16(10-12(2)3)11-15(17)13-6-8-14(18-4)9-7-13/h6-9,12,15,17H,5,10-11H2,1-4H3. The third-order valence-corrected chi connectivity index (χ3v) is 3.00. The zero-order valence-electron chi connectivity index (χ0n) is 11.9. The van der Waals surface area contributed by atoms with E-state index in [0.717, 1.165) is 24.4 Å². The van der Waals surface area contributed by atoms with Crippen LogP contribution in [0.5, 0.6) is 5.75 Å². The third-order valence-electron chi connectivity index (χ3n) is 3.00.